The van der Waals surface area contributed by atoms with E-state index in [9.17, 15) is 9.59 Å². The van der Waals surface area contributed by atoms with Gasteiger partial charge in [0, 0.05) is 44.0 Å². The minimum Gasteiger partial charge on any atom is -0.371 e. The molecule has 2 heterocycles. The summed E-state index contributed by atoms with van der Waals surface area (Å²) in [6.45, 7) is 9.70. The first-order valence-corrected chi connectivity index (χ1v) is 12.8. The van der Waals surface area contributed by atoms with Crippen LogP contribution < -0.4 is 10.2 Å². The number of carbonyl (C=O) groups excluding carboxylic acids is 2. The third kappa shape index (κ3) is 6.40. The molecule has 0 unspecified atom stereocenters. The maximum Gasteiger partial charge on any atom is 0.256 e. The third-order valence-electron chi connectivity index (χ3n) is 6.92. The van der Waals surface area contributed by atoms with Crippen LogP contribution in [0.1, 0.15) is 68.8 Å². The highest BCUT2D eigenvalue weighted by Crippen LogP contribution is 2.32. The smallest absolute Gasteiger partial charge is 0.256 e. The zero-order chi connectivity index (χ0) is 24.1. The van der Waals surface area contributed by atoms with Gasteiger partial charge in [-0.3, -0.25) is 9.59 Å². The molecule has 2 saturated heterocycles. The minimum absolute atomic E-state index is 0.0125. The Bertz CT molecular complexity index is 982. The van der Waals surface area contributed by atoms with E-state index >= 15 is 0 Å². The standard InChI is InChI=1S/C29H39N3O2/c1-29(2,3)21-27(33)30-24-11-12-26(25(20-24)28(34)32-15-7-8-16-32)31-17-13-23(14-18-31)19-22-9-5-4-6-10-22/h4-6,9-12,20,23H,7-8,13-19,21H2,1-3H3,(H,30,33). The number of carbonyl (C=O) groups is 2. The number of nitrogens with one attached hydrogen (secondary N) is 1. The molecule has 2 aliphatic rings. The van der Waals surface area contributed by atoms with Crippen LogP contribution in [0.2, 0.25) is 0 Å². The number of benzene rings is 2. The van der Waals surface area contributed by atoms with Crippen LogP contribution in [0.4, 0.5) is 11.4 Å². The molecule has 1 N–H and O–H groups in total. The summed E-state index contributed by atoms with van der Waals surface area (Å²) in [6, 6.07) is 16.6. The summed E-state index contributed by atoms with van der Waals surface area (Å²) in [5.41, 5.74) is 3.75. The summed E-state index contributed by atoms with van der Waals surface area (Å²) in [5, 5.41) is 3.02. The second-order valence-electron chi connectivity index (χ2n) is 11.1. The van der Waals surface area contributed by atoms with E-state index in [-0.39, 0.29) is 17.2 Å². The van der Waals surface area contributed by atoms with Crippen molar-refractivity contribution < 1.29 is 9.59 Å². The van der Waals surface area contributed by atoms with Crippen LogP contribution in [0.15, 0.2) is 48.5 Å². The first-order valence-electron chi connectivity index (χ1n) is 12.8. The van der Waals surface area contributed by atoms with Gasteiger partial charge in [0.05, 0.1) is 5.56 Å². The Morgan fingerprint density at radius 2 is 1.62 bits per heavy atom. The van der Waals surface area contributed by atoms with Crippen LogP contribution in [-0.2, 0) is 11.2 Å². The second-order valence-corrected chi connectivity index (χ2v) is 11.1. The van der Waals surface area contributed by atoms with Gasteiger partial charge in [-0.05, 0) is 67.2 Å². The van der Waals surface area contributed by atoms with Crippen molar-refractivity contribution in [1.29, 1.82) is 0 Å². The van der Waals surface area contributed by atoms with Crippen molar-refractivity contribution >= 4 is 23.2 Å². The van der Waals surface area contributed by atoms with Crippen molar-refractivity contribution in [2.45, 2.75) is 59.3 Å². The number of piperidine rings is 1. The lowest BCUT2D eigenvalue weighted by molar-refractivity contribution is -0.117. The quantitative estimate of drug-likeness (QED) is 0.595. The fourth-order valence-electron chi connectivity index (χ4n) is 5.16. The lowest BCUT2D eigenvalue weighted by Gasteiger charge is -2.35. The van der Waals surface area contributed by atoms with E-state index in [0.717, 1.165) is 69.5 Å². The molecule has 5 nitrogen and oxygen atoms in total. The van der Waals surface area contributed by atoms with Gasteiger partial charge in [-0.2, -0.15) is 0 Å². The van der Waals surface area contributed by atoms with Gasteiger partial charge in [0.15, 0.2) is 0 Å². The lowest BCUT2D eigenvalue weighted by Crippen LogP contribution is -2.36. The maximum atomic E-state index is 13.5. The van der Waals surface area contributed by atoms with Gasteiger partial charge >= 0.3 is 0 Å². The Balaban J connectivity index is 1.49. The molecule has 2 aromatic rings. The number of anilines is 2. The van der Waals surface area contributed by atoms with Crippen LogP contribution in [0, 0.1) is 11.3 Å². The molecule has 0 saturated carbocycles. The van der Waals surface area contributed by atoms with Gasteiger partial charge < -0.3 is 15.1 Å². The molecule has 0 aromatic heterocycles. The Morgan fingerprint density at radius 3 is 2.26 bits per heavy atom. The van der Waals surface area contributed by atoms with E-state index in [1.807, 2.05) is 23.1 Å². The predicted molar refractivity (Wildman–Crippen MR) is 139 cm³/mol. The number of likely N-dealkylation sites (tertiary alicyclic amines) is 1. The highest BCUT2D eigenvalue weighted by molar-refractivity contribution is 6.02. The van der Waals surface area contributed by atoms with Gasteiger partial charge in [-0.15, -0.1) is 0 Å². The van der Waals surface area contributed by atoms with E-state index in [4.69, 9.17) is 0 Å². The molecule has 34 heavy (non-hydrogen) atoms. The number of hydrogen-bond acceptors (Lipinski definition) is 3. The molecule has 0 spiro atoms. The topological polar surface area (TPSA) is 52.7 Å². The highest BCUT2D eigenvalue weighted by Gasteiger charge is 2.27. The van der Waals surface area contributed by atoms with E-state index < -0.39 is 0 Å². The molecular formula is C29H39N3O2. The third-order valence-corrected chi connectivity index (χ3v) is 6.92. The van der Waals surface area contributed by atoms with Gasteiger partial charge in [-0.25, -0.2) is 0 Å². The molecule has 0 aliphatic carbocycles. The number of hydrogen-bond donors (Lipinski definition) is 1. The van der Waals surface area contributed by atoms with Crippen LogP contribution >= 0.6 is 0 Å². The molecule has 2 aliphatic heterocycles. The summed E-state index contributed by atoms with van der Waals surface area (Å²) in [7, 11) is 0. The SMILES string of the molecule is CC(C)(C)CC(=O)Nc1ccc(N2CCC(Cc3ccccc3)CC2)c(C(=O)N2CCCC2)c1. The van der Waals surface area contributed by atoms with E-state index in [0.29, 0.717) is 18.0 Å². The number of nitrogens with zero attached hydrogens (tertiary/aromatic N) is 2. The summed E-state index contributed by atoms with van der Waals surface area (Å²) >= 11 is 0. The molecule has 2 fully saturated rings. The van der Waals surface area contributed by atoms with Crippen LogP contribution in [0.5, 0.6) is 0 Å². The monoisotopic (exact) mass is 461 g/mol. The van der Waals surface area contributed by atoms with Crippen molar-refractivity contribution in [3.8, 4) is 0 Å². The minimum atomic E-state index is -0.0810. The zero-order valence-corrected chi connectivity index (χ0v) is 21.0. The van der Waals surface area contributed by atoms with Crippen molar-refractivity contribution in [1.82, 2.24) is 4.90 Å². The molecule has 0 bridgehead atoms. The molecule has 2 amide bonds. The van der Waals surface area contributed by atoms with Crippen molar-refractivity contribution in [2.24, 2.45) is 11.3 Å². The maximum absolute atomic E-state index is 13.5. The van der Waals surface area contributed by atoms with Gasteiger partial charge in [-0.1, -0.05) is 51.1 Å². The average molecular weight is 462 g/mol. The molecular weight excluding hydrogens is 422 g/mol. The van der Waals surface area contributed by atoms with E-state index in [1.165, 1.54) is 5.56 Å². The average Bonchev–Trinajstić information content (AvgIpc) is 3.34. The van der Waals surface area contributed by atoms with Gasteiger partial charge in [0.25, 0.3) is 5.91 Å². The summed E-state index contributed by atoms with van der Waals surface area (Å²) in [4.78, 5) is 30.3. The summed E-state index contributed by atoms with van der Waals surface area (Å²) in [5.74, 6) is 0.750. The number of amides is 2. The fourth-order valence-corrected chi connectivity index (χ4v) is 5.16. The fraction of sp³-hybridized carbons (Fsp3) is 0.517. The number of rotatable bonds is 6. The molecule has 5 heteroatoms. The largest absolute Gasteiger partial charge is 0.371 e. The van der Waals surface area contributed by atoms with Crippen molar-refractivity contribution in [2.75, 3.05) is 36.4 Å². The Labute approximate surface area is 204 Å². The van der Waals surface area contributed by atoms with Gasteiger partial charge in [0.2, 0.25) is 5.91 Å². The van der Waals surface area contributed by atoms with E-state index in [2.05, 4.69) is 61.3 Å². The second kappa shape index (κ2) is 10.6. The Hall–Kier alpha value is -2.82. The van der Waals surface area contributed by atoms with Gasteiger partial charge in [0.1, 0.15) is 0 Å². The summed E-state index contributed by atoms with van der Waals surface area (Å²) in [6.07, 6.45) is 5.93. The molecule has 182 valence electrons. The van der Waals surface area contributed by atoms with Crippen molar-refractivity contribution in [3.63, 3.8) is 0 Å². The lowest BCUT2D eigenvalue weighted by atomic mass is 9.89. The van der Waals surface area contributed by atoms with Crippen LogP contribution in [0.25, 0.3) is 0 Å². The zero-order valence-electron chi connectivity index (χ0n) is 21.0. The molecule has 0 radical (unpaired) electrons. The van der Waals surface area contributed by atoms with Crippen LogP contribution in [-0.4, -0.2) is 42.9 Å². The molecule has 2 aromatic carbocycles. The predicted octanol–water partition coefficient (Wildman–Crippen LogP) is 5.76. The summed E-state index contributed by atoms with van der Waals surface area (Å²) < 4.78 is 0. The first kappa shape index (κ1) is 24.3. The normalized spacial score (nSPS) is 17.1. The van der Waals surface area contributed by atoms with E-state index in [1.54, 1.807) is 0 Å². The molecule has 4 rings (SSSR count). The van der Waals surface area contributed by atoms with Crippen LogP contribution in [0.3, 0.4) is 0 Å². The Morgan fingerprint density at radius 1 is 0.941 bits per heavy atom. The highest BCUT2D eigenvalue weighted by atomic mass is 16.2. The first-order chi connectivity index (χ1) is 16.3. The van der Waals surface area contributed by atoms with Crippen molar-refractivity contribution in [3.05, 3.63) is 59.7 Å². The molecule has 0 atom stereocenters. The Kier molecular flexibility index (Phi) is 7.60.